The van der Waals surface area contributed by atoms with E-state index in [-0.39, 0.29) is 5.57 Å². The van der Waals surface area contributed by atoms with Crippen LogP contribution in [-0.4, -0.2) is 48.8 Å². The summed E-state index contributed by atoms with van der Waals surface area (Å²) >= 11 is 0. The van der Waals surface area contributed by atoms with Gasteiger partial charge in [-0.15, -0.1) is 0 Å². The summed E-state index contributed by atoms with van der Waals surface area (Å²) in [6.45, 7) is 7.65. The van der Waals surface area contributed by atoms with Crippen molar-refractivity contribution in [3.8, 4) is 0 Å². The molecule has 4 rings (SSSR count). The van der Waals surface area contributed by atoms with Crippen LogP contribution in [-0.2, 0) is 25.6 Å². The zero-order valence-electron chi connectivity index (χ0n) is 17.3. The highest BCUT2D eigenvalue weighted by Gasteiger charge is 2.39. The number of benzene rings is 2. The van der Waals surface area contributed by atoms with Crippen molar-refractivity contribution in [1.29, 1.82) is 0 Å². The molecule has 0 atom stereocenters. The van der Waals surface area contributed by atoms with Crippen LogP contribution in [0.3, 0.4) is 0 Å². The van der Waals surface area contributed by atoms with Gasteiger partial charge in [0.05, 0.1) is 0 Å². The van der Waals surface area contributed by atoms with Crippen LogP contribution in [0.4, 0.5) is 5.69 Å². The number of rotatable bonds is 4. The first kappa shape index (κ1) is 20.2. The van der Waals surface area contributed by atoms with Crippen molar-refractivity contribution in [2.45, 2.75) is 26.2 Å². The molecule has 6 nitrogen and oxygen atoms in total. The van der Waals surface area contributed by atoms with Crippen LogP contribution >= 0.6 is 0 Å². The van der Waals surface area contributed by atoms with Gasteiger partial charge in [-0.1, -0.05) is 48.5 Å². The first-order valence-electron chi connectivity index (χ1n) is 10.2. The van der Waals surface area contributed by atoms with Crippen LogP contribution in [0.1, 0.15) is 25.0 Å². The van der Waals surface area contributed by atoms with Gasteiger partial charge in [0.15, 0.2) is 0 Å². The molecule has 0 aromatic heterocycles. The lowest BCUT2D eigenvalue weighted by molar-refractivity contribution is -0.222. The topological polar surface area (TPSA) is 59.1 Å². The molecule has 0 saturated carbocycles. The van der Waals surface area contributed by atoms with Crippen molar-refractivity contribution in [2.75, 3.05) is 31.1 Å². The van der Waals surface area contributed by atoms with Gasteiger partial charge in [-0.25, -0.2) is 9.59 Å². The van der Waals surface area contributed by atoms with Crippen LogP contribution < -0.4 is 4.90 Å². The van der Waals surface area contributed by atoms with Gasteiger partial charge >= 0.3 is 11.9 Å². The third-order valence-corrected chi connectivity index (χ3v) is 5.32. The highest BCUT2D eigenvalue weighted by atomic mass is 16.7. The van der Waals surface area contributed by atoms with Gasteiger partial charge in [0.1, 0.15) is 5.57 Å². The molecule has 2 fully saturated rings. The Bertz CT molecular complexity index is 938. The molecule has 156 valence electrons. The zero-order valence-corrected chi connectivity index (χ0v) is 17.3. The number of carbonyl (C=O) groups excluding carboxylic acids is 2. The Morgan fingerprint density at radius 3 is 2.13 bits per heavy atom. The van der Waals surface area contributed by atoms with Gasteiger partial charge in [-0.05, 0) is 23.3 Å². The molecular weight excluding hydrogens is 380 g/mol. The summed E-state index contributed by atoms with van der Waals surface area (Å²) in [5, 5.41) is 0. The minimum absolute atomic E-state index is 0.0792. The third kappa shape index (κ3) is 4.54. The molecule has 0 N–H and O–H groups in total. The molecule has 2 aromatic carbocycles. The molecule has 2 aromatic rings. The van der Waals surface area contributed by atoms with E-state index in [1.54, 1.807) is 19.9 Å². The van der Waals surface area contributed by atoms with Crippen molar-refractivity contribution in [3.63, 3.8) is 0 Å². The van der Waals surface area contributed by atoms with E-state index in [1.807, 2.05) is 30.3 Å². The van der Waals surface area contributed by atoms with E-state index in [2.05, 4.69) is 34.1 Å². The summed E-state index contributed by atoms with van der Waals surface area (Å²) in [6.07, 6.45) is 1.57. The SMILES string of the molecule is CC1(C)OC(=O)C(=Cc2ccccc2N2CCN(Cc3ccccc3)CC2)C(=O)O1. The summed E-state index contributed by atoms with van der Waals surface area (Å²) in [6, 6.07) is 18.2. The zero-order chi connectivity index (χ0) is 21.1. The summed E-state index contributed by atoms with van der Waals surface area (Å²) in [4.78, 5) is 29.4. The van der Waals surface area contributed by atoms with Crippen molar-refractivity contribution in [2.24, 2.45) is 0 Å². The van der Waals surface area contributed by atoms with Crippen LogP contribution in [0.25, 0.3) is 6.08 Å². The van der Waals surface area contributed by atoms with E-state index >= 15 is 0 Å². The van der Waals surface area contributed by atoms with Crippen LogP contribution in [0.15, 0.2) is 60.2 Å². The second-order valence-corrected chi connectivity index (χ2v) is 8.04. The highest BCUT2D eigenvalue weighted by Crippen LogP contribution is 2.28. The number of cyclic esters (lactones) is 2. The van der Waals surface area contributed by atoms with E-state index < -0.39 is 17.7 Å². The summed E-state index contributed by atoms with van der Waals surface area (Å²) in [5.41, 5.74) is 3.03. The van der Waals surface area contributed by atoms with Crippen LogP contribution in [0, 0.1) is 0 Å². The number of para-hydroxylation sites is 1. The molecule has 2 heterocycles. The molecule has 2 saturated heterocycles. The Labute approximate surface area is 176 Å². The fraction of sp³-hybridized carbons (Fsp3) is 0.333. The standard InChI is InChI=1S/C24H26N2O4/c1-24(2)29-22(27)20(23(28)30-24)16-19-10-6-7-11-21(19)26-14-12-25(13-15-26)17-18-8-4-3-5-9-18/h3-11,16H,12-15,17H2,1-2H3. The fourth-order valence-corrected chi connectivity index (χ4v) is 3.82. The maximum atomic E-state index is 12.3. The molecule has 0 spiro atoms. The molecule has 0 radical (unpaired) electrons. The Morgan fingerprint density at radius 1 is 0.867 bits per heavy atom. The molecule has 2 aliphatic heterocycles. The van der Waals surface area contributed by atoms with Crippen LogP contribution in [0.5, 0.6) is 0 Å². The normalized spacial score (nSPS) is 19.3. The average molecular weight is 406 g/mol. The first-order chi connectivity index (χ1) is 14.4. The lowest BCUT2D eigenvalue weighted by Gasteiger charge is -2.37. The van der Waals surface area contributed by atoms with Crippen LogP contribution in [0.2, 0.25) is 0 Å². The minimum atomic E-state index is -1.24. The van der Waals surface area contributed by atoms with E-state index in [0.717, 1.165) is 44.0 Å². The molecule has 6 heteroatoms. The lowest BCUT2D eigenvalue weighted by Crippen LogP contribution is -2.46. The molecule has 30 heavy (non-hydrogen) atoms. The smallest absolute Gasteiger partial charge is 0.348 e. The molecule has 0 unspecified atom stereocenters. The van der Waals surface area contributed by atoms with Gasteiger partial charge in [0.25, 0.3) is 5.79 Å². The Morgan fingerprint density at radius 2 is 1.47 bits per heavy atom. The minimum Gasteiger partial charge on any atom is -0.419 e. The quantitative estimate of drug-likeness (QED) is 0.441. The number of hydrogen-bond donors (Lipinski definition) is 0. The van der Waals surface area contributed by atoms with Crippen molar-refractivity contribution >= 4 is 23.7 Å². The highest BCUT2D eigenvalue weighted by molar-refractivity contribution is 6.19. The number of anilines is 1. The number of hydrogen-bond acceptors (Lipinski definition) is 6. The number of carbonyl (C=O) groups is 2. The summed E-state index contributed by atoms with van der Waals surface area (Å²) in [7, 11) is 0. The van der Waals surface area contributed by atoms with Crippen molar-refractivity contribution in [3.05, 3.63) is 71.3 Å². The van der Waals surface area contributed by atoms with E-state index in [0.29, 0.717) is 0 Å². The Balaban J connectivity index is 1.48. The second-order valence-electron chi connectivity index (χ2n) is 8.04. The summed E-state index contributed by atoms with van der Waals surface area (Å²) in [5.74, 6) is -2.54. The monoisotopic (exact) mass is 406 g/mol. The number of ether oxygens (including phenoxy) is 2. The van der Waals surface area contributed by atoms with E-state index in [9.17, 15) is 9.59 Å². The predicted octanol–water partition coefficient (Wildman–Crippen LogP) is 3.23. The van der Waals surface area contributed by atoms with Gasteiger partial charge in [0.2, 0.25) is 0 Å². The molecule has 0 bridgehead atoms. The lowest BCUT2D eigenvalue weighted by atomic mass is 10.1. The maximum Gasteiger partial charge on any atom is 0.348 e. The number of piperazine rings is 1. The first-order valence-corrected chi connectivity index (χ1v) is 10.2. The number of nitrogens with zero attached hydrogens (tertiary/aromatic N) is 2. The van der Waals surface area contributed by atoms with Gasteiger partial charge in [-0.3, -0.25) is 4.90 Å². The average Bonchev–Trinajstić information content (AvgIpc) is 2.72. The third-order valence-electron chi connectivity index (χ3n) is 5.32. The largest absolute Gasteiger partial charge is 0.419 e. The molecular formula is C24H26N2O4. The summed E-state index contributed by atoms with van der Waals surface area (Å²) < 4.78 is 10.4. The predicted molar refractivity (Wildman–Crippen MR) is 115 cm³/mol. The van der Waals surface area contributed by atoms with E-state index in [1.165, 1.54) is 5.56 Å². The second kappa shape index (κ2) is 8.32. The van der Waals surface area contributed by atoms with Crippen molar-refractivity contribution in [1.82, 2.24) is 4.90 Å². The van der Waals surface area contributed by atoms with Gasteiger partial charge in [-0.2, -0.15) is 0 Å². The van der Waals surface area contributed by atoms with Gasteiger partial charge in [0, 0.05) is 52.3 Å². The van der Waals surface area contributed by atoms with E-state index in [4.69, 9.17) is 9.47 Å². The number of esters is 2. The van der Waals surface area contributed by atoms with Gasteiger partial charge < -0.3 is 14.4 Å². The Kier molecular flexibility index (Phi) is 5.59. The molecule has 0 aliphatic carbocycles. The molecule has 0 amide bonds. The Hall–Kier alpha value is -3.12. The molecule has 2 aliphatic rings. The fourth-order valence-electron chi connectivity index (χ4n) is 3.82. The van der Waals surface area contributed by atoms with Crippen molar-refractivity contribution < 1.29 is 19.1 Å². The maximum absolute atomic E-state index is 12.3.